The van der Waals surface area contributed by atoms with Crippen LogP contribution in [0.25, 0.3) is 0 Å². The van der Waals surface area contributed by atoms with E-state index in [2.05, 4.69) is 20.2 Å². The second kappa shape index (κ2) is 5.95. The maximum absolute atomic E-state index is 11.8. The Hall–Kier alpha value is -1.36. The van der Waals surface area contributed by atoms with Crippen LogP contribution in [0.1, 0.15) is 38.4 Å². The molecule has 0 aromatic carbocycles. The van der Waals surface area contributed by atoms with Gasteiger partial charge in [0.2, 0.25) is 0 Å². The van der Waals surface area contributed by atoms with Crippen molar-refractivity contribution in [3.05, 3.63) is 22.2 Å². The van der Waals surface area contributed by atoms with Crippen molar-refractivity contribution in [1.29, 1.82) is 0 Å². The van der Waals surface area contributed by atoms with Crippen LogP contribution in [0.5, 0.6) is 0 Å². The van der Waals surface area contributed by atoms with E-state index in [-0.39, 0.29) is 5.56 Å². The van der Waals surface area contributed by atoms with E-state index < -0.39 is 0 Å². The van der Waals surface area contributed by atoms with Crippen molar-refractivity contribution in [1.82, 2.24) is 15.3 Å². The highest BCUT2D eigenvalue weighted by molar-refractivity contribution is 5.41. The Kier molecular flexibility index (Phi) is 4.05. The van der Waals surface area contributed by atoms with E-state index >= 15 is 0 Å². The number of rotatable bonds is 5. The summed E-state index contributed by atoms with van der Waals surface area (Å²) in [5.74, 6) is 2.34. The molecule has 20 heavy (non-hydrogen) atoms. The summed E-state index contributed by atoms with van der Waals surface area (Å²) < 4.78 is 0. The van der Waals surface area contributed by atoms with Crippen molar-refractivity contribution in [3.63, 3.8) is 0 Å². The summed E-state index contributed by atoms with van der Waals surface area (Å²) in [5, 5.41) is 3.47. The van der Waals surface area contributed by atoms with E-state index in [4.69, 9.17) is 0 Å². The molecule has 2 heterocycles. The zero-order chi connectivity index (χ0) is 13.9. The van der Waals surface area contributed by atoms with Gasteiger partial charge in [0.1, 0.15) is 11.6 Å². The van der Waals surface area contributed by atoms with Crippen LogP contribution < -0.4 is 15.8 Å². The quantitative estimate of drug-likeness (QED) is 0.851. The largest absolute Gasteiger partial charge is 0.353 e. The van der Waals surface area contributed by atoms with Crippen LogP contribution >= 0.6 is 0 Å². The minimum Gasteiger partial charge on any atom is -0.353 e. The van der Waals surface area contributed by atoms with Crippen LogP contribution in [0.15, 0.2) is 10.9 Å². The fourth-order valence-corrected chi connectivity index (χ4v) is 2.98. The second-order valence-corrected chi connectivity index (χ2v) is 6.00. The molecule has 1 unspecified atom stereocenters. The highest BCUT2D eigenvalue weighted by atomic mass is 16.1. The summed E-state index contributed by atoms with van der Waals surface area (Å²) >= 11 is 0. The van der Waals surface area contributed by atoms with E-state index in [1.807, 2.05) is 6.92 Å². The van der Waals surface area contributed by atoms with E-state index in [9.17, 15) is 4.79 Å². The van der Waals surface area contributed by atoms with Crippen LogP contribution in [-0.4, -0.2) is 35.6 Å². The van der Waals surface area contributed by atoms with Gasteiger partial charge < -0.3 is 15.2 Å². The molecule has 110 valence electrons. The van der Waals surface area contributed by atoms with E-state index in [1.54, 1.807) is 6.07 Å². The molecule has 0 bridgehead atoms. The zero-order valence-corrected chi connectivity index (χ0v) is 12.2. The highest BCUT2D eigenvalue weighted by Crippen LogP contribution is 2.31. The molecular weight excluding hydrogens is 252 g/mol. The Bertz CT molecular complexity index is 503. The summed E-state index contributed by atoms with van der Waals surface area (Å²) in [6.07, 6.45) is 5.77. The van der Waals surface area contributed by atoms with E-state index in [0.717, 1.165) is 37.7 Å². The van der Waals surface area contributed by atoms with Gasteiger partial charge in [0.25, 0.3) is 5.56 Å². The molecule has 1 atom stereocenters. The maximum atomic E-state index is 11.8. The highest BCUT2D eigenvalue weighted by Gasteiger charge is 2.32. The number of nitrogens with one attached hydrogen (secondary N) is 2. The lowest BCUT2D eigenvalue weighted by Crippen LogP contribution is -2.40. The topological polar surface area (TPSA) is 61.0 Å². The first-order chi connectivity index (χ1) is 9.76. The third-order valence-electron chi connectivity index (χ3n) is 4.25. The number of hydrogen-bond donors (Lipinski definition) is 2. The molecule has 2 fully saturated rings. The predicted molar refractivity (Wildman–Crippen MR) is 80.2 cm³/mol. The van der Waals surface area contributed by atoms with E-state index in [0.29, 0.717) is 12.0 Å². The lowest BCUT2D eigenvalue weighted by molar-refractivity contribution is 0.375. The van der Waals surface area contributed by atoms with Crippen LogP contribution in [0.3, 0.4) is 0 Å². The molecule has 0 radical (unpaired) electrons. The molecule has 2 N–H and O–H groups in total. The van der Waals surface area contributed by atoms with Crippen molar-refractivity contribution in [2.45, 2.75) is 45.1 Å². The molecule has 5 nitrogen and oxygen atoms in total. The zero-order valence-electron chi connectivity index (χ0n) is 12.2. The van der Waals surface area contributed by atoms with Crippen LogP contribution in [-0.2, 0) is 6.42 Å². The van der Waals surface area contributed by atoms with Crippen molar-refractivity contribution < 1.29 is 0 Å². The molecular formula is C15H24N4O. The molecule has 1 aliphatic heterocycles. The van der Waals surface area contributed by atoms with Crippen molar-refractivity contribution in [3.8, 4) is 0 Å². The third kappa shape index (κ3) is 3.20. The summed E-state index contributed by atoms with van der Waals surface area (Å²) in [4.78, 5) is 21.6. The minimum atomic E-state index is -0.0285. The molecule has 0 spiro atoms. The number of piperidine rings is 1. The number of aromatic nitrogens is 2. The average Bonchev–Trinajstić information content (AvgIpc) is 3.29. The molecule has 0 amide bonds. The van der Waals surface area contributed by atoms with E-state index in [1.165, 1.54) is 25.7 Å². The van der Waals surface area contributed by atoms with Gasteiger partial charge in [-0.15, -0.1) is 0 Å². The maximum Gasteiger partial charge on any atom is 0.252 e. The first kappa shape index (κ1) is 13.6. The van der Waals surface area contributed by atoms with Gasteiger partial charge in [0.05, 0.1) is 0 Å². The Morgan fingerprint density at radius 3 is 2.90 bits per heavy atom. The second-order valence-electron chi connectivity index (χ2n) is 6.00. The normalized spacial score (nSPS) is 22.8. The fourth-order valence-electron chi connectivity index (χ4n) is 2.98. The Morgan fingerprint density at radius 2 is 2.25 bits per heavy atom. The Balaban J connectivity index is 1.79. The first-order valence-electron chi connectivity index (χ1n) is 7.84. The monoisotopic (exact) mass is 276 g/mol. The summed E-state index contributed by atoms with van der Waals surface area (Å²) in [6, 6.07) is 2.25. The number of nitrogens with zero attached hydrogens (tertiary/aromatic N) is 2. The molecule has 1 saturated heterocycles. The minimum absolute atomic E-state index is 0.0285. The fraction of sp³-hybridized carbons (Fsp3) is 0.733. The average molecular weight is 276 g/mol. The number of aryl methyl sites for hydroxylation is 1. The molecule has 2 aliphatic rings. The summed E-state index contributed by atoms with van der Waals surface area (Å²) in [7, 11) is 0. The molecule has 3 rings (SSSR count). The molecule has 1 saturated carbocycles. The van der Waals surface area contributed by atoms with Crippen LogP contribution in [0.4, 0.5) is 5.82 Å². The number of H-pyrrole nitrogens is 1. The lowest BCUT2D eigenvalue weighted by atomic mass is 9.99. The third-order valence-corrected chi connectivity index (χ3v) is 4.25. The van der Waals surface area contributed by atoms with Gasteiger partial charge in [-0.25, -0.2) is 4.98 Å². The first-order valence-corrected chi connectivity index (χ1v) is 7.84. The SMILES string of the molecule is CCc1nc(N(CC2CCCNC2)C2CC2)cc(=O)[nH]1. The number of aromatic amines is 1. The summed E-state index contributed by atoms with van der Waals surface area (Å²) in [5.41, 5.74) is -0.0285. The van der Waals surface area contributed by atoms with Gasteiger partial charge >= 0.3 is 0 Å². The Labute approximate surface area is 119 Å². The lowest BCUT2D eigenvalue weighted by Gasteiger charge is -2.31. The van der Waals surface area contributed by atoms with Gasteiger partial charge in [-0.2, -0.15) is 0 Å². The molecule has 1 aliphatic carbocycles. The summed E-state index contributed by atoms with van der Waals surface area (Å²) in [6.45, 7) is 5.28. The van der Waals surface area contributed by atoms with Gasteiger partial charge in [-0.1, -0.05) is 6.92 Å². The van der Waals surface area contributed by atoms with Crippen LogP contribution in [0.2, 0.25) is 0 Å². The molecule has 1 aromatic heterocycles. The van der Waals surface area contributed by atoms with Gasteiger partial charge in [0, 0.05) is 25.1 Å². The van der Waals surface area contributed by atoms with Crippen molar-refractivity contribution >= 4 is 5.82 Å². The van der Waals surface area contributed by atoms with Crippen LogP contribution in [0, 0.1) is 5.92 Å². The van der Waals surface area contributed by atoms with Crippen molar-refractivity contribution in [2.75, 3.05) is 24.5 Å². The number of anilines is 1. The van der Waals surface area contributed by atoms with Gasteiger partial charge in [-0.3, -0.25) is 4.79 Å². The standard InChI is InChI=1S/C15H24N4O/c1-2-13-17-14(8-15(20)18-13)19(12-5-6-12)10-11-4-3-7-16-9-11/h8,11-12,16H,2-7,9-10H2,1H3,(H,17,18,20). The predicted octanol–water partition coefficient (Wildman–Crippen LogP) is 1.30. The van der Waals surface area contributed by atoms with Gasteiger partial charge in [0.15, 0.2) is 0 Å². The number of hydrogen-bond acceptors (Lipinski definition) is 4. The molecule has 1 aromatic rings. The van der Waals surface area contributed by atoms with Crippen molar-refractivity contribution in [2.24, 2.45) is 5.92 Å². The van der Waals surface area contributed by atoms with Gasteiger partial charge in [-0.05, 0) is 44.7 Å². The smallest absolute Gasteiger partial charge is 0.252 e. The Morgan fingerprint density at radius 1 is 1.40 bits per heavy atom. The molecule has 5 heteroatoms.